The highest BCUT2D eigenvalue weighted by Gasteiger charge is 2.20. The summed E-state index contributed by atoms with van der Waals surface area (Å²) in [5.74, 6) is 0.0535. The van der Waals surface area contributed by atoms with E-state index in [4.69, 9.17) is 21.1 Å². The summed E-state index contributed by atoms with van der Waals surface area (Å²) in [6.07, 6.45) is 1.89. The molecule has 2 aromatic rings. The van der Waals surface area contributed by atoms with Gasteiger partial charge < -0.3 is 14.4 Å². The molecule has 0 radical (unpaired) electrons. The average molecular weight is 355 g/mol. The van der Waals surface area contributed by atoms with Crippen LogP contribution in [0.5, 0.6) is 0 Å². The lowest BCUT2D eigenvalue weighted by Crippen LogP contribution is -2.37. The fourth-order valence-corrected chi connectivity index (χ4v) is 3.03. The number of anilines is 1. The number of hydrogen-bond donors (Lipinski definition) is 0. The van der Waals surface area contributed by atoms with E-state index in [9.17, 15) is 4.79 Å². The Morgan fingerprint density at radius 3 is 2.70 bits per heavy atom. The zero-order chi connectivity index (χ0) is 16.4. The van der Waals surface area contributed by atoms with Crippen LogP contribution in [0, 0.1) is 0 Å². The third kappa shape index (κ3) is 3.19. The summed E-state index contributed by atoms with van der Waals surface area (Å²) >= 11 is 7.74. The molecule has 7 nitrogen and oxygen atoms in total. The maximum atomic E-state index is 11.7. The number of methoxy groups -OCH3 is 1. The van der Waals surface area contributed by atoms with Gasteiger partial charge in [0.15, 0.2) is 5.69 Å². The molecule has 0 aromatic carbocycles. The highest BCUT2D eigenvalue weighted by atomic mass is 35.5. The van der Waals surface area contributed by atoms with Crippen molar-refractivity contribution >= 4 is 46.3 Å². The van der Waals surface area contributed by atoms with Crippen LogP contribution in [-0.2, 0) is 9.47 Å². The van der Waals surface area contributed by atoms with Crippen molar-refractivity contribution in [2.45, 2.75) is 5.03 Å². The van der Waals surface area contributed by atoms with E-state index in [2.05, 4.69) is 15.0 Å². The van der Waals surface area contributed by atoms with E-state index in [0.29, 0.717) is 40.2 Å². The minimum Gasteiger partial charge on any atom is -0.464 e. The predicted molar refractivity (Wildman–Crippen MR) is 88.5 cm³/mol. The number of pyridine rings is 1. The molecule has 1 aliphatic heterocycles. The SMILES string of the molecule is COC(=O)c1cc(Cl)c2nc(N3CCOCC3)nc(SC)c2n1. The fraction of sp³-hybridized carbons (Fsp3) is 0.429. The largest absolute Gasteiger partial charge is 0.464 e. The number of nitrogens with zero attached hydrogens (tertiary/aromatic N) is 4. The summed E-state index contributed by atoms with van der Waals surface area (Å²) < 4.78 is 10.1. The molecule has 0 unspecified atom stereocenters. The second kappa shape index (κ2) is 6.86. The maximum absolute atomic E-state index is 11.7. The first-order valence-electron chi connectivity index (χ1n) is 6.97. The average Bonchev–Trinajstić information content (AvgIpc) is 2.60. The number of carbonyl (C=O) groups excluding carboxylic acids is 1. The van der Waals surface area contributed by atoms with Gasteiger partial charge in [-0.2, -0.15) is 0 Å². The number of esters is 1. The van der Waals surface area contributed by atoms with Crippen molar-refractivity contribution in [2.75, 3.05) is 44.6 Å². The maximum Gasteiger partial charge on any atom is 0.356 e. The molecule has 1 aliphatic rings. The molecule has 0 amide bonds. The van der Waals surface area contributed by atoms with Crippen LogP contribution in [0.25, 0.3) is 11.0 Å². The van der Waals surface area contributed by atoms with Crippen molar-refractivity contribution in [1.82, 2.24) is 15.0 Å². The van der Waals surface area contributed by atoms with Crippen molar-refractivity contribution < 1.29 is 14.3 Å². The summed E-state index contributed by atoms with van der Waals surface area (Å²) in [6, 6.07) is 1.47. The van der Waals surface area contributed by atoms with Gasteiger partial charge in [0.1, 0.15) is 16.1 Å². The molecule has 3 rings (SSSR count). The molecule has 0 N–H and O–H groups in total. The predicted octanol–water partition coefficient (Wildman–Crippen LogP) is 2.02. The summed E-state index contributed by atoms with van der Waals surface area (Å²) in [7, 11) is 1.30. The number of fused-ring (bicyclic) bond motifs is 1. The monoisotopic (exact) mass is 354 g/mol. The molecule has 0 bridgehead atoms. The Kier molecular flexibility index (Phi) is 4.84. The Hall–Kier alpha value is -1.64. The van der Waals surface area contributed by atoms with E-state index < -0.39 is 5.97 Å². The molecular weight excluding hydrogens is 340 g/mol. The Labute approximate surface area is 142 Å². The number of thioether (sulfide) groups is 1. The Bertz CT molecular complexity index is 752. The number of ether oxygens (including phenoxy) is 2. The molecule has 9 heteroatoms. The molecule has 2 aromatic heterocycles. The van der Waals surface area contributed by atoms with E-state index in [1.165, 1.54) is 24.9 Å². The van der Waals surface area contributed by atoms with Crippen LogP contribution in [0.1, 0.15) is 10.5 Å². The number of aromatic nitrogens is 3. The second-order valence-corrected chi connectivity index (χ2v) is 6.01. The van der Waals surface area contributed by atoms with E-state index in [0.717, 1.165) is 13.1 Å². The molecule has 1 fully saturated rings. The van der Waals surface area contributed by atoms with Crippen LogP contribution in [-0.4, -0.2) is 60.6 Å². The summed E-state index contributed by atoms with van der Waals surface area (Å²) in [6.45, 7) is 2.74. The van der Waals surface area contributed by atoms with Crippen molar-refractivity contribution in [1.29, 1.82) is 0 Å². The molecule has 0 spiro atoms. The van der Waals surface area contributed by atoms with Crippen molar-refractivity contribution in [3.63, 3.8) is 0 Å². The number of rotatable bonds is 3. The molecule has 0 atom stereocenters. The van der Waals surface area contributed by atoms with Crippen molar-refractivity contribution in [2.24, 2.45) is 0 Å². The first-order valence-corrected chi connectivity index (χ1v) is 8.57. The van der Waals surface area contributed by atoms with Crippen molar-refractivity contribution in [3.8, 4) is 0 Å². The minimum absolute atomic E-state index is 0.142. The Balaban J connectivity index is 2.14. The first-order chi connectivity index (χ1) is 11.1. The Morgan fingerprint density at radius 2 is 2.04 bits per heavy atom. The van der Waals surface area contributed by atoms with Crippen molar-refractivity contribution in [3.05, 3.63) is 16.8 Å². The smallest absolute Gasteiger partial charge is 0.356 e. The van der Waals surface area contributed by atoms with E-state index in [-0.39, 0.29) is 5.69 Å². The lowest BCUT2D eigenvalue weighted by Gasteiger charge is -2.27. The highest BCUT2D eigenvalue weighted by Crippen LogP contribution is 2.30. The van der Waals surface area contributed by atoms with Gasteiger partial charge in [-0.1, -0.05) is 11.6 Å². The van der Waals surface area contributed by atoms with Gasteiger partial charge in [-0.15, -0.1) is 11.8 Å². The van der Waals surface area contributed by atoms with Crippen LogP contribution >= 0.6 is 23.4 Å². The molecule has 0 saturated carbocycles. The fourth-order valence-electron chi connectivity index (χ4n) is 2.29. The molecule has 122 valence electrons. The van der Waals surface area contributed by atoms with E-state index in [1.54, 1.807) is 0 Å². The lowest BCUT2D eigenvalue weighted by atomic mass is 10.3. The van der Waals surface area contributed by atoms with Gasteiger partial charge in [0.25, 0.3) is 0 Å². The molecule has 23 heavy (non-hydrogen) atoms. The Morgan fingerprint density at radius 1 is 1.30 bits per heavy atom. The number of halogens is 1. The third-order valence-electron chi connectivity index (χ3n) is 3.44. The quantitative estimate of drug-likeness (QED) is 0.470. The topological polar surface area (TPSA) is 77.4 Å². The van der Waals surface area contributed by atoms with Crippen LogP contribution in [0.2, 0.25) is 5.02 Å². The van der Waals surface area contributed by atoms with Gasteiger partial charge >= 0.3 is 5.97 Å². The first kappa shape index (κ1) is 16.2. The van der Waals surface area contributed by atoms with Gasteiger partial charge in [-0.05, 0) is 12.3 Å². The van der Waals surface area contributed by atoms with Gasteiger partial charge in [-0.3, -0.25) is 0 Å². The molecular formula is C14H15ClN4O3S. The highest BCUT2D eigenvalue weighted by molar-refractivity contribution is 7.98. The van der Waals surface area contributed by atoms with Gasteiger partial charge in [0.05, 0.1) is 25.3 Å². The van der Waals surface area contributed by atoms with Gasteiger partial charge in [0.2, 0.25) is 5.95 Å². The van der Waals surface area contributed by atoms with Crippen LogP contribution in [0.15, 0.2) is 11.1 Å². The van der Waals surface area contributed by atoms with Gasteiger partial charge in [-0.25, -0.2) is 19.7 Å². The number of morpholine rings is 1. The number of hydrogen-bond acceptors (Lipinski definition) is 8. The molecule has 3 heterocycles. The molecule has 1 saturated heterocycles. The summed E-state index contributed by atoms with van der Waals surface area (Å²) in [5.41, 5.74) is 1.17. The van der Waals surface area contributed by atoms with Crippen LogP contribution < -0.4 is 4.90 Å². The van der Waals surface area contributed by atoms with E-state index in [1.807, 2.05) is 11.2 Å². The standard InChI is InChI=1S/C14H15ClN4O3S/c1-21-13(20)9-7-8(15)10-11(16-9)12(23-2)18-14(17-10)19-3-5-22-6-4-19/h7H,3-6H2,1-2H3. The normalized spacial score (nSPS) is 15.0. The zero-order valence-electron chi connectivity index (χ0n) is 12.7. The minimum atomic E-state index is -0.543. The van der Waals surface area contributed by atoms with E-state index >= 15 is 0 Å². The lowest BCUT2D eigenvalue weighted by molar-refractivity contribution is 0.0594. The zero-order valence-corrected chi connectivity index (χ0v) is 14.3. The van der Waals surface area contributed by atoms with Crippen LogP contribution in [0.3, 0.4) is 0 Å². The summed E-state index contributed by atoms with van der Waals surface area (Å²) in [4.78, 5) is 27.2. The summed E-state index contributed by atoms with van der Waals surface area (Å²) in [5, 5.41) is 1.02. The third-order valence-corrected chi connectivity index (χ3v) is 4.40. The second-order valence-electron chi connectivity index (χ2n) is 4.81. The molecule has 0 aliphatic carbocycles. The number of carbonyl (C=O) groups is 1. The van der Waals surface area contributed by atoms with Gasteiger partial charge in [0, 0.05) is 13.1 Å². The van der Waals surface area contributed by atoms with Crippen LogP contribution in [0.4, 0.5) is 5.95 Å².